The first kappa shape index (κ1) is 17.1. The summed E-state index contributed by atoms with van der Waals surface area (Å²) in [6.07, 6.45) is 3.08. The lowest BCUT2D eigenvalue weighted by atomic mass is 10.1. The van der Waals surface area contributed by atoms with Crippen molar-refractivity contribution in [1.82, 2.24) is 29.9 Å². The van der Waals surface area contributed by atoms with Crippen molar-refractivity contribution in [1.29, 1.82) is 0 Å². The van der Waals surface area contributed by atoms with Crippen molar-refractivity contribution in [3.63, 3.8) is 0 Å². The van der Waals surface area contributed by atoms with Crippen LogP contribution in [0.25, 0.3) is 5.82 Å². The molecule has 0 spiro atoms. The second kappa shape index (κ2) is 7.48. The molecule has 3 aromatic rings. The van der Waals surface area contributed by atoms with Gasteiger partial charge >= 0.3 is 0 Å². The van der Waals surface area contributed by atoms with Crippen LogP contribution in [0.5, 0.6) is 0 Å². The Balaban J connectivity index is 1.34. The molecule has 8 nitrogen and oxygen atoms in total. The first-order valence-electron chi connectivity index (χ1n) is 8.65. The maximum absolute atomic E-state index is 13.7. The summed E-state index contributed by atoms with van der Waals surface area (Å²) in [5, 5.41) is 12.4. The van der Waals surface area contributed by atoms with Gasteiger partial charge in [0.1, 0.15) is 18.5 Å². The summed E-state index contributed by atoms with van der Waals surface area (Å²) in [4.78, 5) is 20.2. The summed E-state index contributed by atoms with van der Waals surface area (Å²) in [7, 11) is 0. The molecule has 4 rings (SSSR count). The fourth-order valence-electron chi connectivity index (χ4n) is 3.04. The number of rotatable bonds is 4. The first-order valence-corrected chi connectivity index (χ1v) is 8.65. The third-order valence-electron chi connectivity index (χ3n) is 4.55. The van der Waals surface area contributed by atoms with Gasteiger partial charge in [0, 0.05) is 26.2 Å². The van der Waals surface area contributed by atoms with E-state index < -0.39 is 0 Å². The number of benzene rings is 1. The van der Waals surface area contributed by atoms with Crippen LogP contribution in [0, 0.1) is 5.82 Å². The molecule has 1 saturated heterocycles. The van der Waals surface area contributed by atoms with Gasteiger partial charge in [-0.05, 0) is 23.8 Å². The highest BCUT2D eigenvalue weighted by atomic mass is 19.1. The molecule has 1 amide bonds. The van der Waals surface area contributed by atoms with E-state index in [1.54, 1.807) is 29.4 Å². The van der Waals surface area contributed by atoms with E-state index in [-0.39, 0.29) is 18.1 Å². The van der Waals surface area contributed by atoms with Crippen molar-refractivity contribution < 1.29 is 9.18 Å². The molecule has 27 heavy (non-hydrogen) atoms. The predicted molar refractivity (Wildman–Crippen MR) is 95.8 cm³/mol. The smallest absolute Gasteiger partial charge is 0.227 e. The summed E-state index contributed by atoms with van der Waals surface area (Å²) >= 11 is 0. The van der Waals surface area contributed by atoms with E-state index >= 15 is 0 Å². The van der Waals surface area contributed by atoms with E-state index in [0.29, 0.717) is 37.6 Å². The van der Waals surface area contributed by atoms with Crippen LogP contribution in [-0.2, 0) is 11.2 Å². The second-order valence-corrected chi connectivity index (χ2v) is 6.23. The number of halogens is 1. The van der Waals surface area contributed by atoms with Crippen LogP contribution < -0.4 is 4.90 Å². The third kappa shape index (κ3) is 3.76. The number of anilines is 1. The van der Waals surface area contributed by atoms with Crippen molar-refractivity contribution in [3.8, 4) is 5.82 Å². The van der Waals surface area contributed by atoms with Crippen LogP contribution in [0.4, 0.5) is 10.2 Å². The van der Waals surface area contributed by atoms with Crippen molar-refractivity contribution >= 4 is 11.7 Å². The maximum atomic E-state index is 13.7. The van der Waals surface area contributed by atoms with Gasteiger partial charge in [-0.25, -0.2) is 14.1 Å². The van der Waals surface area contributed by atoms with Gasteiger partial charge in [-0.2, -0.15) is 5.10 Å². The molecule has 1 fully saturated rings. The minimum atomic E-state index is -0.341. The van der Waals surface area contributed by atoms with E-state index in [4.69, 9.17) is 0 Å². The number of amides is 1. The van der Waals surface area contributed by atoms with Gasteiger partial charge in [-0.15, -0.1) is 10.2 Å². The van der Waals surface area contributed by atoms with Gasteiger partial charge in [0.05, 0.1) is 6.42 Å². The van der Waals surface area contributed by atoms with Gasteiger partial charge in [0.15, 0.2) is 11.6 Å². The SMILES string of the molecule is O=C(Cc1ccccc1F)N1CCN(c2ccc(-n3cncn3)nn2)CC1. The molecule has 3 heterocycles. The van der Waals surface area contributed by atoms with E-state index in [1.807, 2.05) is 12.1 Å². The zero-order valence-electron chi connectivity index (χ0n) is 14.6. The van der Waals surface area contributed by atoms with Crippen molar-refractivity contribution in [2.75, 3.05) is 31.1 Å². The number of aromatic nitrogens is 5. The summed E-state index contributed by atoms with van der Waals surface area (Å²) < 4.78 is 15.3. The van der Waals surface area contributed by atoms with Crippen molar-refractivity contribution in [2.24, 2.45) is 0 Å². The standard InChI is InChI=1S/C18H18FN7O/c19-15-4-2-1-3-14(15)11-18(27)25-9-7-24(8-10-25)16-5-6-17(23-22-16)26-13-20-12-21-26/h1-6,12-13H,7-11H2. The normalized spacial score (nSPS) is 14.4. The van der Waals surface area contributed by atoms with E-state index in [0.717, 1.165) is 5.82 Å². The van der Waals surface area contributed by atoms with E-state index in [9.17, 15) is 9.18 Å². The second-order valence-electron chi connectivity index (χ2n) is 6.23. The molecule has 0 unspecified atom stereocenters. The highest BCUT2D eigenvalue weighted by Gasteiger charge is 2.23. The minimum absolute atomic E-state index is 0.0626. The number of piperazine rings is 1. The molecule has 1 aromatic carbocycles. The molecule has 1 aliphatic heterocycles. The topological polar surface area (TPSA) is 80.0 Å². The van der Waals surface area contributed by atoms with Crippen LogP contribution in [0.15, 0.2) is 49.1 Å². The monoisotopic (exact) mass is 367 g/mol. The van der Waals surface area contributed by atoms with Crippen LogP contribution in [0.3, 0.4) is 0 Å². The molecule has 0 aliphatic carbocycles. The zero-order valence-corrected chi connectivity index (χ0v) is 14.6. The van der Waals surface area contributed by atoms with Crippen LogP contribution in [0.1, 0.15) is 5.56 Å². The van der Waals surface area contributed by atoms with Crippen LogP contribution in [0.2, 0.25) is 0 Å². The van der Waals surface area contributed by atoms with Gasteiger partial charge in [-0.3, -0.25) is 4.79 Å². The largest absolute Gasteiger partial charge is 0.352 e. The molecule has 0 N–H and O–H groups in total. The predicted octanol–water partition coefficient (Wildman–Crippen LogP) is 1.09. The Bertz CT molecular complexity index is 906. The van der Waals surface area contributed by atoms with E-state index in [1.165, 1.54) is 17.1 Å². The quantitative estimate of drug-likeness (QED) is 0.687. The van der Waals surface area contributed by atoms with Gasteiger partial charge in [0.25, 0.3) is 0 Å². The molecule has 0 bridgehead atoms. The number of carbonyl (C=O) groups is 1. The molecule has 0 saturated carbocycles. The molecule has 1 aliphatic rings. The molecule has 2 aromatic heterocycles. The Morgan fingerprint density at radius 2 is 1.74 bits per heavy atom. The lowest BCUT2D eigenvalue weighted by Crippen LogP contribution is -2.49. The Labute approximate surface area is 155 Å². The van der Waals surface area contributed by atoms with Gasteiger partial charge in [-0.1, -0.05) is 18.2 Å². The Hall–Kier alpha value is -3.36. The molecule has 0 atom stereocenters. The van der Waals surface area contributed by atoms with Gasteiger partial charge < -0.3 is 9.80 Å². The van der Waals surface area contributed by atoms with Crippen LogP contribution in [-0.4, -0.2) is 61.9 Å². The molecule has 138 valence electrons. The van der Waals surface area contributed by atoms with E-state index in [2.05, 4.69) is 25.2 Å². The number of hydrogen-bond acceptors (Lipinski definition) is 6. The number of nitrogens with zero attached hydrogens (tertiary/aromatic N) is 7. The summed E-state index contributed by atoms with van der Waals surface area (Å²) in [6.45, 7) is 2.44. The fourth-order valence-corrected chi connectivity index (χ4v) is 3.04. The van der Waals surface area contributed by atoms with Crippen LogP contribution >= 0.6 is 0 Å². The zero-order chi connectivity index (χ0) is 18.6. The average Bonchev–Trinajstić information content (AvgIpc) is 3.25. The highest BCUT2D eigenvalue weighted by molar-refractivity contribution is 5.79. The Morgan fingerprint density at radius 1 is 1.00 bits per heavy atom. The molecule has 9 heteroatoms. The first-order chi connectivity index (χ1) is 13.2. The summed E-state index contributed by atoms with van der Waals surface area (Å²) in [5.74, 6) is 0.939. The lowest BCUT2D eigenvalue weighted by Gasteiger charge is -2.35. The molecular formula is C18H18FN7O. The van der Waals surface area contributed by atoms with Crippen molar-refractivity contribution in [2.45, 2.75) is 6.42 Å². The minimum Gasteiger partial charge on any atom is -0.352 e. The Kier molecular flexibility index (Phi) is 4.73. The lowest BCUT2D eigenvalue weighted by molar-refractivity contribution is -0.130. The summed E-state index contributed by atoms with van der Waals surface area (Å²) in [5.41, 5.74) is 0.430. The highest BCUT2D eigenvalue weighted by Crippen LogP contribution is 2.15. The molecule has 0 radical (unpaired) electrons. The van der Waals surface area contributed by atoms with Crippen molar-refractivity contribution in [3.05, 3.63) is 60.4 Å². The average molecular weight is 367 g/mol. The molecular weight excluding hydrogens is 349 g/mol. The van der Waals surface area contributed by atoms with Gasteiger partial charge in [0.2, 0.25) is 5.91 Å². The maximum Gasteiger partial charge on any atom is 0.227 e. The number of hydrogen-bond donors (Lipinski definition) is 0. The third-order valence-corrected chi connectivity index (χ3v) is 4.55. The fraction of sp³-hybridized carbons (Fsp3) is 0.278. The Morgan fingerprint density at radius 3 is 2.41 bits per heavy atom. The number of carbonyl (C=O) groups excluding carboxylic acids is 1. The summed E-state index contributed by atoms with van der Waals surface area (Å²) in [6, 6.07) is 10.1.